The smallest absolute Gasteiger partial charge is 0.252 e. The molecule has 0 unspecified atom stereocenters. The van der Waals surface area contributed by atoms with Crippen molar-refractivity contribution in [3.8, 4) is 0 Å². The van der Waals surface area contributed by atoms with E-state index in [1.807, 2.05) is 0 Å². The fourth-order valence-corrected chi connectivity index (χ4v) is 2.73. The molecule has 3 N–H and O–H groups in total. The molecule has 2 rings (SSSR count). The highest BCUT2D eigenvalue weighted by molar-refractivity contribution is 9.10. The summed E-state index contributed by atoms with van der Waals surface area (Å²) in [7, 11) is 0. The number of halogens is 1. The molecule has 0 radical (unpaired) electrons. The number of benzene rings is 1. The van der Waals surface area contributed by atoms with Gasteiger partial charge in [-0.3, -0.25) is 4.79 Å². The van der Waals surface area contributed by atoms with Crippen molar-refractivity contribution in [2.24, 2.45) is 0 Å². The summed E-state index contributed by atoms with van der Waals surface area (Å²) in [6.07, 6.45) is 8.20. The summed E-state index contributed by atoms with van der Waals surface area (Å²) in [5.41, 5.74) is 8.42. The van der Waals surface area contributed by atoms with E-state index in [0.29, 0.717) is 22.3 Å². The summed E-state index contributed by atoms with van der Waals surface area (Å²) in [6, 6.07) is 5.34. The van der Waals surface area contributed by atoms with Crippen molar-refractivity contribution < 1.29 is 4.79 Å². The average Bonchev–Trinajstić information content (AvgIpc) is 2.43. The zero-order valence-corrected chi connectivity index (χ0v) is 12.5. The van der Waals surface area contributed by atoms with Crippen molar-refractivity contribution in [2.45, 2.75) is 32.1 Å². The lowest BCUT2D eigenvalue weighted by Gasteiger charge is -2.13. The zero-order valence-electron chi connectivity index (χ0n) is 10.9. The molecule has 0 fully saturated rings. The number of allylic oxidation sites excluding steroid dienone is 1. The highest BCUT2D eigenvalue weighted by Gasteiger charge is 2.11. The number of rotatable bonds is 4. The van der Waals surface area contributed by atoms with Crippen LogP contribution in [-0.4, -0.2) is 12.5 Å². The van der Waals surface area contributed by atoms with Crippen LogP contribution in [-0.2, 0) is 0 Å². The van der Waals surface area contributed by atoms with E-state index < -0.39 is 0 Å². The molecular formula is C15H19BrN2O. The van der Waals surface area contributed by atoms with Gasteiger partial charge in [0.05, 0.1) is 10.0 Å². The van der Waals surface area contributed by atoms with Crippen molar-refractivity contribution in [3.63, 3.8) is 0 Å². The maximum Gasteiger partial charge on any atom is 0.252 e. The second-order valence-electron chi connectivity index (χ2n) is 4.82. The van der Waals surface area contributed by atoms with E-state index in [4.69, 9.17) is 5.73 Å². The summed E-state index contributed by atoms with van der Waals surface area (Å²) >= 11 is 3.35. The number of hydrogen-bond acceptors (Lipinski definition) is 2. The van der Waals surface area contributed by atoms with Crippen LogP contribution < -0.4 is 11.1 Å². The molecular weight excluding hydrogens is 304 g/mol. The molecule has 4 heteroatoms. The Labute approximate surface area is 122 Å². The molecule has 19 heavy (non-hydrogen) atoms. The van der Waals surface area contributed by atoms with Gasteiger partial charge < -0.3 is 11.1 Å². The molecule has 0 spiro atoms. The quantitative estimate of drug-likeness (QED) is 0.656. The van der Waals surface area contributed by atoms with Crippen LogP contribution in [0, 0.1) is 0 Å². The van der Waals surface area contributed by atoms with Crippen LogP contribution in [0.15, 0.2) is 34.3 Å². The van der Waals surface area contributed by atoms with Gasteiger partial charge in [0.1, 0.15) is 0 Å². The van der Waals surface area contributed by atoms with Gasteiger partial charge in [0.15, 0.2) is 0 Å². The summed E-state index contributed by atoms with van der Waals surface area (Å²) in [4.78, 5) is 12.0. The van der Waals surface area contributed by atoms with Crippen LogP contribution in [0.5, 0.6) is 0 Å². The normalized spacial score (nSPS) is 14.9. The number of hydrogen-bond donors (Lipinski definition) is 2. The molecule has 0 aromatic heterocycles. The Hall–Kier alpha value is -1.29. The van der Waals surface area contributed by atoms with E-state index in [1.165, 1.54) is 31.3 Å². The number of amides is 1. The third kappa shape index (κ3) is 3.83. The Morgan fingerprint density at radius 1 is 1.37 bits per heavy atom. The van der Waals surface area contributed by atoms with Gasteiger partial charge in [0.2, 0.25) is 0 Å². The van der Waals surface area contributed by atoms with Crippen molar-refractivity contribution >= 4 is 27.5 Å². The summed E-state index contributed by atoms with van der Waals surface area (Å²) < 4.78 is 0.671. The van der Waals surface area contributed by atoms with Crippen molar-refractivity contribution in [2.75, 3.05) is 12.3 Å². The lowest BCUT2D eigenvalue weighted by atomic mass is 9.97. The van der Waals surface area contributed by atoms with Crippen LogP contribution in [0.2, 0.25) is 0 Å². The minimum atomic E-state index is -0.0735. The monoisotopic (exact) mass is 322 g/mol. The molecule has 3 nitrogen and oxygen atoms in total. The second-order valence-corrected chi connectivity index (χ2v) is 5.62. The Morgan fingerprint density at radius 2 is 2.21 bits per heavy atom. The Morgan fingerprint density at radius 3 is 2.95 bits per heavy atom. The lowest BCUT2D eigenvalue weighted by Crippen LogP contribution is -2.25. The van der Waals surface area contributed by atoms with Crippen molar-refractivity contribution in [1.82, 2.24) is 5.32 Å². The van der Waals surface area contributed by atoms with Gasteiger partial charge in [-0.15, -0.1) is 0 Å². The highest BCUT2D eigenvalue weighted by Crippen LogP contribution is 2.24. The number of anilines is 1. The molecule has 1 aliphatic rings. The lowest BCUT2D eigenvalue weighted by molar-refractivity contribution is 0.0953. The fraction of sp³-hybridized carbons (Fsp3) is 0.400. The fourth-order valence-electron chi connectivity index (χ4n) is 2.29. The molecule has 1 aromatic rings. The molecule has 0 saturated carbocycles. The Bertz CT molecular complexity index is 497. The van der Waals surface area contributed by atoms with Gasteiger partial charge in [-0.2, -0.15) is 0 Å². The average molecular weight is 323 g/mol. The van der Waals surface area contributed by atoms with Gasteiger partial charge >= 0.3 is 0 Å². The highest BCUT2D eigenvalue weighted by atomic mass is 79.9. The first-order chi connectivity index (χ1) is 9.18. The van der Waals surface area contributed by atoms with Crippen molar-refractivity contribution in [1.29, 1.82) is 0 Å². The first-order valence-electron chi connectivity index (χ1n) is 6.68. The number of nitrogen functional groups attached to an aromatic ring is 1. The molecule has 0 saturated heterocycles. The number of nitrogens with one attached hydrogen (secondary N) is 1. The first kappa shape index (κ1) is 14.1. The predicted octanol–water partition coefficient (Wildman–Crippen LogP) is 3.65. The third-order valence-electron chi connectivity index (χ3n) is 3.39. The molecule has 0 heterocycles. The topological polar surface area (TPSA) is 55.1 Å². The van der Waals surface area contributed by atoms with Gasteiger partial charge in [-0.05, 0) is 60.2 Å². The van der Waals surface area contributed by atoms with Crippen LogP contribution in [0.25, 0.3) is 0 Å². The van der Waals surface area contributed by atoms with E-state index >= 15 is 0 Å². The molecule has 0 bridgehead atoms. The first-order valence-corrected chi connectivity index (χ1v) is 7.48. The minimum absolute atomic E-state index is 0.0735. The minimum Gasteiger partial charge on any atom is -0.398 e. The molecule has 1 aromatic carbocycles. The number of carbonyl (C=O) groups is 1. The third-order valence-corrected chi connectivity index (χ3v) is 4.27. The molecule has 0 atom stereocenters. The van der Waals surface area contributed by atoms with Gasteiger partial charge in [-0.1, -0.05) is 17.7 Å². The molecule has 102 valence electrons. The van der Waals surface area contributed by atoms with E-state index in [2.05, 4.69) is 27.3 Å². The van der Waals surface area contributed by atoms with E-state index in [-0.39, 0.29) is 5.91 Å². The van der Waals surface area contributed by atoms with E-state index in [0.717, 1.165) is 6.42 Å². The maximum atomic E-state index is 12.0. The number of nitrogens with two attached hydrogens (primary N) is 1. The van der Waals surface area contributed by atoms with Crippen LogP contribution in [0.4, 0.5) is 5.69 Å². The molecule has 0 aliphatic heterocycles. The van der Waals surface area contributed by atoms with Gasteiger partial charge in [0.25, 0.3) is 5.91 Å². The van der Waals surface area contributed by atoms with Gasteiger partial charge in [-0.25, -0.2) is 0 Å². The standard InChI is InChI=1S/C15H19BrN2O/c16-14-12(7-4-8-13(14)17)15(19)18-10-9-11-5-2-1-3-6-11/h4-5,7-8H,1-3,6,9-10,17H2,(H,18,19). The summed E-state index contributed by atoms with van der Waals surface area (Å²) in [5, 5.41) is 2.95. The van der Waals surface area contributed by atoms with Crippen LogP contribution in [0.3, 0.4) is 0 Å². The summed E-state index contributed by atoms with van der Waals surface area (Å²) in [6.45, 7) is 0.686. The summed E-state index contributed by atoms with van der Waals surface area (Å²) in [5.74, 6) is -0.0735. The Kier molecular flexibility index (Phi) is 5.02. The number of carbonyl (C=O) groups excluding carboxylic acids is 1. The van der Waals surface area contributed by atoms with Crippen LogP contribution in [0.1, 0.15) is 42.5 Å². The molecule has 1 amide bonds. The van der Waals surface area contributed by atoms with Gasteiger partial charge in [0, 0.05) is 12.2 Å². The zero-order chi connectivity index (χ0) is 13.7. The second kappa shape index (κ2) is 6.75. The van der Waals surface area contributed by atoms with E-state index in [1.54, 1.807) is 18.2 Å². The maximum absolute atomic E-state index is 12.0. The SMILES string of the molecule is Nc1cccc(C(=O)NCCC2=CCCCC2)c1Br. The predicted molar refractivity (Wildman–Crippen MR) is 82.1 cm³/mol. The van der Waals surface area contributed by atoms with Crippen molar-refractivity contribution in [3.05, 3.63) is 39.9 Å². The van der Waals surface area contributed by atoms with Crippen LogP contribution >= 0.6 is 15.9 Å². The van der Waals surface area contributed by atoms with E-state index in [9.17, 15) is 4.79 Å². The molecule has 1 aliphatic carbocycles. The Balaban J connectivity index is 1.87. The largest absolute Gasteiger partial charge is 0.398 e.